The topological polar surface area (TPSA) is 62.4 Å². The molecule has 4 nitrogen and oxygen atoms in total. The van der Waals surface area contributed by atoms with Gasteiger partial charge in [-0.05, 0) is 30.3 Å². The molecule has 1 atom stereocenters. The number of likely N-dealkylation sites (N-methyl/N-ethyl adjacent to an activating group) is 1. The number of aliphatic hydroxyl groups excluding tert-OH is 1. The van der Waals surface area contributed by atoms with Crippen LogP contribution in [0.4, 0.5) is 0 Å². The first-order valence-electron chi connectivity index (χ1n) is 6.71. The van der Waals surface area contributed by atoms with Crippen molar-refractivity contribution in [3.63, 3.8) is 0 Å². The Morgan fingerprint density at radius 3 is 2.43 bits per heavy atom. The van der Waals surface area contributed by atoms with E-state index in [2.05, 4.69) is 9.88 Å². The Bertz CT molecular complexity index is 586. The van der Waals surface area contributed by atoms with Crippen molar-refractivity contribution in [2.75, 3.05) is 13.6 Å². The molecule has 0 radical (unpaired) electrons. The minimum absolute atomic E-state index is 0.367. The number of aliphatic hydroxyl groups is 1. The van der Waals surface area contributed by atoms with E-state index in [1.807, 2.05) is 43.4 Å². The molecule has 0 aliphatic carbocycles. The summed E-state index contributed by atoms with van der Waals surface area (Å²) in [5.41, 5.74) is 8.40. The molecule has 0 bridgehead atoms. The minimum Gasteiger partial charge on any atom is -0.389 e. The van der Waals surface area contributed by atoms with E-state index < -0.39 is 6.10 Å². The van der Waals surface area contributed by atoms with Crippen LogP contribution in [-0.4, -0.2) is 33.6 Å². The lowest BCUT2D eigenvalue weighted by Crippen LogP contribution is -2.24. The standard InChI is InChI=1S/C16H19N3OS/c1-19(10-12-6-8-18-9-7-12)11-15(20)13-2-4-14(5-3-13)16(17)21/h2-9,15,20H,10-11H2,1H3,(H2,17,21). The van der Waals surface area contributed by atoms with E-state index >= 15 is 0 Å². The monoisotopic (exact) mass is 301 g/mol. The summed E-state index contributed by atoms with van der Waals surface area (Å²) in [6.07, 6.45) is 3.00. The van der Waals surface area contributed by atoms with Crippen molar-refractivity contribution in [2.45, 2.75) is 12.6 Å². The molecule has 1 heterocycles. The summed E-state index contributed by atoms with van der Waals surface area (Å²) in [5, 5.41) is 10.3. The predicted octanol–water partition coefficient (Wildman–Crippen LogP) is 1.88. The van der Waals surface area contributed by atoms with Gasteiger partial charge in [-0.2, -0.15) is 0 Å². The molecular formula is C16H19N3OS. The summed E-state index contributed by atoms with van der Waals surface area (Å²) in [7, 11) is 1.98. The lowest BCUT2D eigenvalue weighted by Gasteiger charge is -2.21. The van der Waals surface area contributed by atoms with Gasteiger partial charge in [0.1, 0.15) is 4.99 Å². The summed E-state index contributed by atoms with van der Waals surface area (Å²) in [5.74, 6) is 0. The molecule has 0 spiro atoms. The van der Waals surface area contributed by atoms with Crippen molar-refractivity contribution in [2.24, 2.45) is 5.73 Å². The third-order valence-corrected chi connectivity index (χ3v) is 3.50. The number of hydrogen-bond acceptors (Lipinski definition) is 4. The summed E-state index contributed by atoms with van der Waals surface area (Å²) in [6, 6.07) is 11.3. The average molecular weight is 301 g/mol. The zero-order valence-corrected chi connectivity index (χ0v) is 12.8. The van der Waals surface area contributed by atoms with Gasteiger partial charge in [0.15, 0.2) is 0 Å². The first-order chi connectivity index (χ1) is 10.1. The maximum atomic E-state index is 10.3. The molecule has 1 aromatic carbocycles. The molecule has 3 N–H and O–H groups in total. The van der Waals surface area contributed by atoms with Crippen LogP contribution in [0.5, 0.6) is 0 Å². The van der Waals surface area contributed by atoms with Crippen LogP contribution in [0.25, 0.3) is 0 Å². The number of pyridine rings is 1. The van der Waals surface area contributed by atoms with Crippen LogP contribution in [0.2, 0.25) is 0 Å². The normalized spacial score (nSPS) is 12.3. The van der Waals surface area contributed by atoms with E-state index in [9.17, 15) is 5.11 Å². The molecular weight excluding hydrogens is 282 g/mol. The summed E-state index contributed by atoms with van der Waals surface area (Å²) >= 11 is 4.92. The van der Waals surface area contributed by atoms with Gasteiger partial charge in [0.05, 0.1) is 6.10 Å². The van der Waals surface area contributed by atoms with E-state index in [1.165, 1.54) is 5.56 Å². The lowest BCUT2D eigenvalue weighted by molar-refractivity contribution is 0.124. The molecule has 0 amide bonds. The van der Waals surface area contributed by atoms with Crippen molar-refractivity contribution in [1.29, 1.82) is 0 Å². The fourth-order valence-corrected chi connectivity index (χ4v) is 2.27. The van der Waals surface area contributed by atoms with Gasteiger partial charge in [0, 0.05) is 31.0 Å². The molecule has 1 aromatic heterocycles. The SMILES string of the molecule is CN(Cc1ccncc1)CC(O)c1ccc(C(N)=S)cc1. The fraction of sp³-hybridized carbons (Fsp3) is 0.250. The van der Waals surface area contributed by atoms with Gasteiger partial charge < -0.3 is 10.8 Å². The second kappa shape index (κ2) is 7.26. The highest BCUT2D eigenvalue weighted by Crippen LogP contribution is 2.16. The van der Waals surface area contributed by atoms with Crippen molar-refractivity contribution in [3.05, 3.63) is 65.5 Å². The minimum atomic E-state index is -0.544. The van der Waals surface area contributed by atoms with Crippen LogP contribution in [0.1, 0.15) is 22.8 Å². The molecule has 110 valence electrons. The molecule has 0 aliphatic rings. The Morgan fingerprint density at radius 2 is 1.86 bits per heavy atom. The van der Waals surface area contributed by atoms with Gasteiger partial charge >= 0.3 is 0 Å². The van der Waals surface area contributed by atoms with E-state index in [0.717, 1.165) is 17.7 Å². The zero-order valence-electron chi connectivity index (χ0n) is 11.9. The maximum absolute atomic E-state index is 10.3. The number of aromatic nitrogens is 1. The van der Waals surface area contributed by atoms with Gasteiger partial charge in [-0.25, -0.2) is 0 Å². The zero-order chi connectivity index (χ0) is 15.2. The molecule has 0 saturated carbocycles. The molecule has 2 rings (SSSR count). The van der Waals surface area contributed by atoms with Crippen molar-refractivity contribution in [1.82, 2.24) is 9.88 Å². The quantitative estimate of drug-likeness (QED) is 0.798. The Hall–Kier alpha value is -1.82. The number of nitrogens with two attached hydrogens (primary N) is 1. The molecule has 2 aromatic rings. The van der Waals surface area contributed by atoms with Crippen LogP contribution in [-0.2, 0) is 6.54 Å². The van der Waals surface area contributed by atoms with Gasteiger partial charge in [0.25, 0.3) is 0 Å². The highest BCUT2D eigenvalue weighted by atomic mass is 32.1. The molecule has 0 fully saturated rings. The predicted molar refractivity (Wildman–Crippen MR) is 87.9 cm³/mol. The third-order valence-electron chi connectivity index (χ3n) is 3.27. The van der Waals surface area contributed by atoms with Gasteiger partial charge in [-0.1, -0.05) is 36.5 Å². The van der Waals surface area contributed by atoms with Crippen LogP contribution in [0.15, 0.2) is 48.8 Å². The van der Waals surface area contributed by atoms with Crippen LogP contribution < -0.4 is 5.73 Å². The van der Waals surface area contributed by atoms with E-state index in [1.54, 1.807) is 12.4 Å². The molecule has 0 saturated heterocycles. The third kappa shape index (κ3) is 4.60. The second-order valence-electron chi connectivity index (χ2n) is 5.05. The van der Waals surface area contributed by atoms with Gasteiger partial charge in [-0.15, -0.1) is 0 Å². The van der Waals surface area contributed by atoms with E-state index in [-0.39, 0.29) is 0 Å². The summed E-state index contributed by atoms with van der Waals surface area (Å²) < 4.78 is 0. The first-order valence-corrected chi connectivity index (χ1v) is 7.12. The lowest BCUT2D eigenvalue weighted by atomic mass is 10.1. The Morgan fingerprint density at radius 1 is 1.24 bits per heavy atom. The molecule has 21 heavy (non-hydrogen) atoms. The highest BCUT2D eigenvalue weighted by Gasteiger charge is 2.11. The summed E-state index contributed by atoms with van der Waals surface area (Å²) in [6.45, 7) is 1.32. The fourth-order valence-electron chi connectivity index (χ4n) is 2.13. The Labute approximate surface area is 130 Å². The number of rotatable bonds is 6. The van der Waals surface area contributed by atoms with Gasteiger partial charge in [-0.3, -0.25) is 9.88 Å². The average Bonchev–Trinajstić information content (AvgIpc) is 2.48. The van der Waals surface area contributed by atoms with E-state index in [0.29, 0.717) is 11.5 Å². The highest BCUT2D eigenvalue weighted by molar-refractivity contribution is 7.80. The number of hydrogen-bond donors (Lipinski definition) is 2. The number of thiocarbonyl (C=S) groups is 1. The first kappa shape index (κ1) is 15.6. The summed E-state index contributed by atoms with van der Waals surface area (Å²) in [4.78, 5) is 6.43. The molecule has 5 heteroatoms. The number of benzene rings is 1. The largest absolute Gasteiger partial charge is 0.389 e. The Kier molecular flexibility index (Phi) is 5.38. The van der Waals surface area contributed by atoms with Crippen LogP contribution in [0, 0.1) is 0 Å². The van der Waals surface area contributed by atoms with Crippen molar-refractivity contribution < 1.29 is 5.11 Å². The van der Waals surface area contributed by atoms with Crippen LogP contribution >= 0.6 is 12.2 Å². The van der Waals surface area contributed by atoms with Crippen molar-refractivity contribution >= 4 is 17.2 Å². The maximum Gasteiger partial charge on any atom is 0.103 e. The second-order valence-corrected chi connectivity index (χ2v) is 5.49. The Balaban J connectivity index is 1.94. The molecule has 1 unspecified atom stereocenters. The van der Waals surface area contributed by atoms with Crippen LogP contribution in [0.3, 0.4) is 0 Å². The van der Waals surface area contributed by atoms with Crippen molar-refractivity contribution in [3.8, 4) is 0 Å². The van der Waals surface area contributed by atoms with Gasteiger partial charge in [0.2, 0.25) is 0 Å². The smallest absolute Gasteiger partial charge is 0.103 e. The molecule has 0 aliphatic heterocycles. The van der Waals surface area contributed by atoms with E-state index in [4.69, 9.17) is 18.0 Å². The number of nitrogens with zero attached hydrogens (tertiary/aromatic N) is 2.